The normalized spacial score (nSPS) is 18.0. The fourth-order valence-electron chi connectivity index (χ4n) is 5.66. The molecule has 7 N–H and O–H groups in total. The van der Waals surface area contributed by atoms with Crippen LogP contribution in [0.4, 0.5) is 4.79 Å². The largest absolute Gasteiger partial charge is 0.490 e. The summed E-state index contributed by atoms with van der Waals surface area (Å²) in [6, 6.07) is 13.5. The molecule has 5 atom stereocenters. The summed E-state index contributed by atoms with van der Waals surface area (Å²) in [6.45, 7) is -0.939. The lowest BCUT2D eigenvalue weighted by Gasteiger charge is -2.28. The number of nitrogens with zero attached hydrogens (tertiary/aromatic N) is 1. The Bertz CT molecular complexity index is 1610. The number of pyridine rings is 1. The number of urea groups is 1. The quantitative estimate of drug-likeness (QED) is 0.0850. The summed E-state index contributed by atoms with van der Waals surface area (Å²) in [6.07, 6.45) is 4.64. The minimum Gasteiger partial charge on any atom is -0.490 e. The molecule has 12 nitrogen and oxygen atoms in total. The molecule has 1 heterocycles. The molecule has 2 aliphatic rings. The number of benzene rings is 2. The number of rotatable bonds is 20. The molecule has 50 heavy (non-hydrogen) atoms. The first kappa shape index (κ1) is 38.1. The summed E-state index contributed by atoms with van der Waals surface area (Å²) < 4.78 is 26.0. The maximum Gasteiger partial charge on any atom is 0.315 e. The zero-order valence-corrected chi connectivity index (χ0v) is 29.3. The molecule has 0 saturated heterocycles. The van der Waals surface area contributed by atoms with Crippen LogP contribution in [0.15, 0.2) is 65.8 Å². The second-order valence-corrected chi connectivity index (χ2v) is 14.8. The van der Waals surface area contributed by atoms with Crippen LogP contribution >= 0.6 is 11.6 Å². The lowest BCUT2D eigenvalue weighted by molar-refractivity contribution is -0.0902. The highest BCUT2D eigenvalue weighted by molar-refractivity contribution is 7.85. The maximum absolute atomic E-state index is 13.2. The standard InChI is InChI=1S/C36H46ClN3O9S/c37-29-11-10-25(50(47)17-5-1-4-15-39-35(46)40-30(20-41)33(44)34(45)31(43)21-42)18-23(29)22-48-36(13-14-36)28-19-38-16-12-26(28)27-6-2-3-7-32(27)49-24-8-9-24/h2-3,6-7,10-12,16,18-19,24,30-31,33-34,41-45H,1,4-5,8-9,13-15,17,20-22H2,(H2,39,40,46). The van der Waals surface area contributed by atoms with E-state index < -0.39 is 60.0 Å². The number of unbranched alkanes of at least 4 members (excludes halogenated alkanes) is 2. The van der Waals surface area contributed by atoms with Crippen LogP contribution in [0.3, 0.4) is 0 Å². The van der Waals surface area contributed by atoms with Crippen molar-refractivity contribution >= 4 is 28.4 Å². The topological polar surface area (TPSA) is 191 Å². The number of aliphatic hydroxyl groups is 5. The Balaban J connectivity index is 1.09. The fourth-order valence-corrected chi connectivity index (χ4v) is 7.03. The van der Waals surface area contributed by atoms with Gasteiger partial charge in [0.1, 0.15) is 24.1 Å². The van der Waals surface area contributed by atoms with E-state index in [1.165, 1.54) is 0 Å². The SMILES string of the molecule is O=C(NCCCCCS(=O)c1ccc(Cl)c(COC2(c3cnccc3-c3ccccc3OC3CC3)CC2)c1)NC(CO)C(O)C(O)C(O)CO. The van der Waals surface area contributed by atoms with Crippen LogP contribution in [-0.2, 0) is 27.7 Å². The number of amides is 2. The van der Waals surface area contributed by atoms with Gasteiger partial charge in [-0.05, 0) is 80.0 Å². The van der Waals surface area contributed by atoms with E-state index in [9.17, 15) is 29.4 Å². The molecule has 3 aromatic rings. The van der Waals surface area contributed by atoms with Gasteiger partial charge in [0.25, 0.3) is 0 Å². The van der Waals surface area contributed by atoms with Crippen molar-refractivity contribution in [3.05, 3.63) is 77.1 Å². The minimum atomic E-state index is -1.75. The molecule has 272 valence electrons. The molecular weight excluding hydrogens is 686 g/mol. The average molecular weight is 732 g/mol. The predicted octanol–water partition coefficient (Wildman–Crippen LogP) is 3.16. The van der Waals surface area contributed by atoms with Gasteiger partial charge in [0, 0.05) is 45.7 Å². The minimum absolute atomic E-state index is 0.251. The van der Waals surface area contributed by atoms with Crippen molar-refractivity contribution in [2.45, 2.75) is 92.5 Å². The number of aliphatic hydroxyl groups excluding tert-OH is 5. The summed E-state index contributed by atoms with van der Waals surface area (Å²) >= 11 is 6.57. The Labute approximate surface area is 299 Å². The average Bonchev–Trinajstić information content (AvgIpc) is 4.08. The van der Waals surface area contributed by atoms with Crippen molar-refractivity contribution in [3.8, 4) is 16.9 Å². The van der Waals surface area contributed by atoms with Crippen molar-refractivity contribution in [1.82, 2.24) is 15.6 Å². The molecule has 2 fully saturated rings. The number of halogens is 1. The zero-order chi connectivity index (χ0) is 35.7. The van der Waals surface area contributed by atoms with E-state index in [4.69, 9.17) is 26.2 Å². The van der Waals surface area contributed by atoms with E-state index >= 15 is 0 Å². The number of nitrogens with one attached hydrogen (secondary N) is 2. The molecule has 2 saturated carbocycles. The first-order valence-corrected chi connectivity index (χ1v) is 18.7. The summed E-state index contributed by atoms with van der Waals surface area (Å²) in [5.41, 5.74) is 3.32. The monoisotopic (exact) mass is 731 g/mol. The number of para-hydroxylation sites is 1. The van der Waals surface area contributed by atoms with Gasteiger partial charge in [0.15, 0.2) is 0 Å². The Kier molecular flexibility index (Phi) is 13.6. The summed E-state index contributed by atoms with van der Waals surface area (Å²) in [5, 5.41) is 53.3. The molecule has 0 radical (unpaired) electrons. The summed E-state index contributed by atoms with van der Waals surface area (Å²) in [4.78, 5) is 17.3. The number of hydrogen-bond acceptors (Lipinski definition) is 10. The first-order chi connectivity index (χ1) is 24.2. The number of carbonyl (C=O) groups is 1. The van der Waals surface area contributed by atoms with Crippen molar-refractivity contribution in [2.75, 3.05) is 25.5 Å². The van der Waals surface area contributed by atoms with Crippen LogP contribution in [0.5, 0.6) is 5.75 Å². The lowest BCUT2D eigenvalue weighted by Crippen LogP contribution is -2.56. The van der Waals surface area contributed by atoms with Gasteiger partial charge in [-0.2, -0.15) is 0 Å². The molecule has 2 aromatic carbocycles. The third-order valence-electron chi connectivity index (χ3n) is 8.94. The van der Waals surface area contributed by atoms with Crippen molar-refractivity contribution in [2.24, 2.45) is 0 Å². The number of carbonyl (C=O) groups excluding carboxylic acids is 1. The Morgan fingerprint density at radius 2 is 1.78 bits per heavy atom. The summed E-state index contributed by atoms with van der Waals surface area (Å²) in [7, 11) is -1.27. The van der Waals surface area contributed by atoms with Crippen LogP contribution in [0, 0.1) is 0 Å². The third kappa shape index (κ3) is 10.0. The van der Waals surface area contributed by atoms with Crippen molar-refractivity contribution in [3.63, 3.8) is 0 Å². The van der Waals surface area contributed by atoms with Gasteiger partial charge in [0.05, 0.1) is 48.4 Å². The van der Waals surface area contributed by atoms with Crippen LogP contribution in [0.25, 0.3) is 11.1 Å². The number of hydrogen-bond donors (Lipinski definition) is 7. The van der Waals surface area contributed by atoms with Crippen LogP contribution in [0.1, 0.15) is 56.1 Å². The predicted molar refractivity (Wildman–Crippen MR) is 188 cm³/mol. The fraction of sp³-hybridized carbons (Fsp3) is 0.500. The van der Waals surface area contributed by atoms with Crippen LogP contribution in [-0.4, -0.2) is 96.7 Å². The Hall–Kier alpha value is -3.14. The molecule has 5 rings (SSSR count). The van der Waals surface area contributed by atoms with Crippen molar-refractivity contribution in [1.29, 1.82) is 0 Å². The van der Waals surface area contributed by atoms with Gasteiger partial charge < -0.3 is 45.6 Å². The highest BCUT2D eigenvalue weighted by atomic mass is 35.5. The van der Waals surface area contributed by atoms with E-state index in [-0.39, 0.29) is 19.3 Å². The van der Waals surface area contributed by atoms with E-state index in [1.807, 2.05) is 36.5 Å². The molecule has 0 spiro atoms. The van der Waals surface area contributed by atoms with Crippen molar-refractivity contribution < 1.29 is 44.0 Å². The van der Waals surface area contributed by atoms with Crippen LogP contribution < -0.4 is 15.4 Å². The molecule has 2 amide bonds. The number of ether oxygens (including phenoxy) is 2. The van der Waals surface area contributed by atoms with E-state index in [1.54, 1.807) is 18.3 Å². The number of aromatic nitrogens is 1. The molecule has 0 bridgehead atoms. The van der Waals surface area contributed by atoms with Gasteiger partial charge in [0.2, 0.25) is 0 Å². The smallest absolute Gasteiger partial charge is 0.315 e. The summed E-state index contributed by atoms with van der Waals surface area (Å²) in [5.74, 6) is 1.28. The van der Waals surface area contributed by atoms with Gasteiger partial charge in [-0.25, -0.2) is 4.79 Å². The van der Waals surface area contributed by atoms with Gasteiger partial charge >= 0.3 is 6.03 Å². The van der Waals surface area contributed by atoms with E-state index in [2.05, 4.69) is 21.7 Å². The van der Waals surface area contributed by atoms with Gasteiger partial charge in [-0.15, -0.1) is 0 Å². The second-order valence-electron chi connectivity index (χ2n) is 12.8. The Morgan fingerprint density at radius 3 is 2.50 bits per heavy atom. The molecule has 1 aromatic heterocycles. The maximum atomic E-state index is 13.2. The lowest BCUT2D eigenvalue weighted by atomic mass is 9.96. The molecule has 2 aliphatic carbocycles. The molecule has 5 unspecified atom stereocenters. The van der Waals surface area contributed by atoms with Gasteiger partial charge in [-0.1, -0.05) is 36.2 Å². The molecule has 14 heteroatoms. The zero-order valence-electron chi connectivity index (χ0n) is 27.7. The van der Waals surface area contributed by atoms with Gasteiger partial charge in [-0.3, -0.25) is 9.19 Å². The van der Waals surface area contributed by atoms with E-state index in [0.29, 0.717) is 34.9 Å². The highest BCUT2D eigenvalue weighted by Gasteiger charge is 2.48. The third-order valence-corrected chi connectivity index (χ3v) is 10.8. The van der Waals surface area contributed by atoms with E-state index in [0.717, 1.165) is 53.7 Å². The molecular formula is C36H46ClN3O9S. The van der Waals surface area contributed by atoms with Crippen LogP contribution in [0.2, 0.25) is 5.02 Å². The Morgan fingerprint density at radius 1 is 1.00 bits per heavy atom. The highest BCUT2D eigenvalue weighted by Crippen LogP contribution is 2.53. The second kappa shape index (κ2) is 17.9. The molecule has 0 aliphatic heterocycles. The first-order valence-electron chi connectivity index (χ1n) is 17.0.